The maximum atomic E-state index is 11.2. The number of ether oxygens (including phenoxy) is 2. The number of carbonyl (C=O) groups is 1. The van der Waals surface area contributed by atoms with Crippen LogP contribution in [0.25, 0.3) is 11.1 Å². The van der Waals surface area contributed by atoms with E-state index in [4.69, 9.17) is 15.2 Å². The lowest BCUT2D eigenvalue weighted by molar-refractivity contribution is -0.136. The molecule has 0 fully saturated rings. The molecule has 0 aromatic heterocycles. The summed E-state index contributed by atoms with van der Waals surface area (Å²) in [6, 6.07) is 17.2. The van der Waals surface area contributed by atoms with E-state index < -0.39 is 12.1 Å². The Kier molecular flexibility index (Phi) is 5.93. The monoisotopic (exact) mass is 419 g/mol. The van der Waals surface area contributed by atoms with E-state index in [0.717, 1.165) is 33.6 Å². The Bertz CT molecular complexity index is 1120. The van der Waals surface area contributed by atoms with Gasteiger partial charge in [0.25, 0.3) is 0 Å². The van der Waals surface area contributed by atoms with Crippen molar-refractivity contribution in [1.82, 2.24) is 0 Å². The predicted molar refractivity (Wildman–Crippen MR) is 117 cm³/mol. The summed E-state index contributed by atoms with van der Waals surface area (Å²) in [7, 11) is 0. The van der Waals surface area contributed by atoms with Crippen LogP contribution < -0.4 is 15.2 Å². The topological polar surface area (TPSA) is 102 Å². The molecule has 6 nitrogen and oxygen atoms in total. The number of aliphatic hydroxyl groups excluding tert-OH is 1. The van der Waals surface area contributed by atoms with Gasteiger partial charge >= 0.3 is 5.97 Å². The quantitative estimate of drug-likeness (QED) is 0.536. The van der Waals surface area contributed by atoms with Crippen molar-refractivity contribution in [2.45, 2.75) is 39.2 Å². The SMILES string of the molecule is C[C@@H](O)c1ccc(CC(=O)O)c(OCc2ccc3c(c2)-c2cccc(CN)c2OC3)c1. The zero-order valence-electron chi connectivity index (χ0n) is 17.3. The van der Waals surface area contributed by atoms with Gasteiger partial charge < -0.3 is 25.4 Å². The first-order valence-electron chi connectivity index (χ1n) is 10.2. The van der Waals surface area contributed by atoms with Crippen LogP contribution in [-0.2, 0) is 31.0 Å². The first-order valence-corrected chi connectivity index (χ1v) is 10.2. The summed E-state index contributed by atoms with van der Waals surface area (Å²) in [5.74, 6) is 0.354. The van der Waals surface area contributed by atoms with Gasteiger partial charge in [-0.3, -0.25) is 4.79 Å². The van der Waals surface area contributed by atoms with Crippen LogP contribution in [0.3, 0.4) is 0 Å². The molecule has 160 valence electrons. The molecule has 0 radical (unpaired) electrons. The third kappa shape index (κ3) is 4.40. The molecule has 4 N–H and O–H groups in total. The molecule has 1 heterocycles. The molecule has 1 atom stereocenters. The lowest BCUT2D eigenvalue weighted by Crippen LogP contribution is -2.10. The molecule has 6 heteroatoms. The van der Waals surface area contributed by atoms with Gasteiger partial charge in [-0.05, 0) is 41.3 Å². The summed E-state index contributed by atoms with van der Waals surface area (Å²) < 4.78 is 12.0. The van der Waals surface area contributed by atoms with Gasteiger partial charge in [0.2, 0.25) is 0 Å². The maximum Gasteiger partial charge on any atom is 0.307 e. The van der Waals surface area contributed by atoms with Gasteiger partial charge in [0.05, 0.1) is 12.5 Å². The fraction of sp³-hybridized carbons (Fsp3) is 0.240. The van der Waals surface area contributed by atoms with E-state index in [9.17, 15) is 15.0 Å². The second kappa shape index (κ2) is 8.79. The van der Waals surface area contributed by atoms with Gasteiger partial charge in [0.1, 0.15) is 24.7 Å². The minimum absolute atomic E-state index is 0.147. The molecule has 3 aromatic carbocycles. The van der Waals surface area contributed by atoms with Crippen LogP contribution in [0.2, 0.25) is 0 Å². The number of carboxylic acids is 1. The Morgan fingerprint density at radius 2 is 1.97 bits per heavy atom. The Labute approximate surface area is 180 Å². The predicted octanol–water partition coefficient (Wildman–Crippen LogP) is 3.96. The van der Waals surface area contributed by atoms with Crippen LogP contribution >= 0.6 is 0 Å². The number of hydrogen-bond donors (Lipinski definition) is 3. The summed E-state index contributed by atoms with van der Waals surface area (Å²) >= 11 is 0. The fourth-order valence-corrected chi connectivity index (χ4v) is 3.80. The van der Waals surface area contributed by atoms with Crippen LogP contribution in [0, 0.1) is 0 Å². The molecular weight excluding hydrogens is 394 g/mol. The van der Waals surface area contributed by atoms with Crippen LogP contribution in [0.15, 0.2) is 54.6 Å². The number of aliphatic hydroxyl groups is 1. The van der Waals surface area contributed by atoms with Crippen LogP contribution in [-0.4, -0.2) is 16.2 Å². The Morgan fingerprint density at radius 1 is 1.13 bits per heavy atom. The van der Waals surface area contributed by atoms with Crippen molar-refractivity contribution >= 4 is 5.97 Å². The Hall–Kier alpha value is -3.35. The van der Waals surface area contributed by atoms with Gasteiger partial charge in [-0.15, -0.1) is 0 Å². The van der Waals surface area contributed by atoms with Crippen LogP contribution in [0.1, 0.15) is 40.8 Å². The second-order valence-corrected chi connectivity index (χ2v) is 7.68. The molecule has 0 aliphatic carbocycles. The number of hydrogen-bond acceptors (Lipinski definition) is 5. The van der Waals surface area contributed by atoms with E-state index in [-0.39, 0.29) is 13.0 Å². The Balaban J connectivity index is 1.62. The molecule has 3 aromatic rings. The van der Waals surface area contributed by atoms with Gasteiger partial charge in [-0.1, -0.05) is 42.5 Å². The van der Waals surface area contributed by atoms with Crippen molar-refractivity contribution in [2.75, 3.05) is 0 Å². The van der Waals surface area contributed by atoms with Crippen LogP contribution in [0.5, 0.6) is 11.5 Å². The zero-order chi connectivity index (χ0) is 22.0. The number of benzene rings is 3. The molecule has 0 bridgehead atoms. The highest BCUT2D eigenvalue weighted by molar-refractivity contribution is 5.77. The largest absolute Gasteiger partial charge is 0.489 e. The summed E-state index contributed by atoms with van der Waals surface area (Å²) in [6.07, 6.45) is -0.815. The van der Waals surface area contributed by atoms with Crippen molar-refractivity contribution in [3.63, 3.8) is 0 Å². The summed E-state index contributed by atoms with van der Waals surface area (Å²) in [4.78, 5) is 11.2. The average molecular weight is 419 g/mol. The average Bonchev–Trinajstić information content (AvgIpc) is 2.77. The maximum absolute atomic E-state index is 11.2. The third-order valence-corrected chi connectivity index (χ3v) is 5.46. The van der Waals surface area contributed by atoms with Crippen molar-refractivity contribution in [1.29, 1.82) is 0 Å². The lowest BCUT2D eigenvalue weighted by Gasteiger charge is -2.23. The van der Waals surface area contributed by atoms with Gasteiger partial charge in [0.15, 0.2) is 0 Å². The molecule has 31 heavy (non-hydrogen) atoms. The number of aliphatic carboxylic acids is 1. The van der Waals surface area contributed by atoms with Crippen LogP contribution in [0.4, 0.5) is 0 Å². The minimum atomic E-state index is -0.934. The minimum Gasteiger partial charge on any atom is -0.489 e. The number of fused-ring (bicyclic) bond motifs is 3. The molecule has 0 unspecified atom stereocenters. The van der Waals surface area contributed by atoms with Gasteiger partial charge in [-0.25, -0.2) is 0 Å². The van der Waals surface area contributed by atoms with E-state index in [0.29, 0.717) is 30.0 Å². The third-order valence-electron chi connectivity index (χ3n) is 5.46. The molecule has 1 aliphatic heterocycles. The number of carboxylic acid groups (broad SMARTS) is 1. The van der Waals surface area contributed by atoms with Crippen molar-refractivity contribution in [2.24, 2.45) is 5.73 Å². The normalized spacial score (nSPS) is 13.0. The smallest absolute Gasteiger partial charge is 0.307 e. The highest BCUT2D eigenvalue weighted by Gasteiger charge is 2.20. The molecule has 4 rings (SSSR count). The number of nitrogens with two attached hydrogens (primary N) is 1. The first kappa shape index (κ1) is 20.9. The molecule has 0 saturated carbocycles. The van der Waals surface area contributed by atoms with E-state index >= 15 is 0 Å². The molecule has 0 saturated heterocycles. The Morgan fingerprint density at radius 3 is 2.71 bits per heavy atom. The van der Waals surface area contributed by atoms with Crippen molar-refractivity contribution < 1.29 is 24.5 Å². The fourth-order valence-electron chi connectivity index (χ4n) is 3.80. The standard InChI is InChI=1S/C25H25NO5/c1-15(27)17-7-8-18(11-24(28)29)23(10-17)30-13-16-5-6-20-14-31-25-19(12-26)3-2-4-21(25)22(20)9-16/h2-10,15,27H,11-14,26H2,1H3,(H,28,29)/t15-/m1/s1. The van der Waals surface area contributed by atoms with Gasteiger partial charge in [-0.2, -0.15) is 0 Å². The van der Waals surface area contributed by atoms with E-state index in [2.05, 4.69) is 6.07 Å². The summed E-state index contributed by atoms with van der Waals surface area (Å²) in [5, 5.41) is 19.1. The van der Waals surface area contributed by atoms with Crippen molar-refractivity contribution in [3.05, 3.63) is 82.4 Å². The number of para-hydroxylation sites is 1. The highest BCUT2D eigenvalue weighted by atomic mass is 16.5. The van der Waals surface area contributed by atoms with Crippen molar-refractivity contribution in [3.8, 4) is 22.6 Å². The first-order chi connectivity index (χ1) is 15.0. The van der Waals surface area contributed by atoms with Gasteiger partial charge in [0, 0.05) is 23.2 Å². The lowest BCUT2D eigenvalue weighted by atomic mass is 9.93. The molecule has 1 aliphatic rings. The molecule has 0 amide bonds. The summed E-state index contributed by atoms with van der Waals surface area (Å²) in [5.41, 5.74) is 12.2. The molecule has 0 spiro atoms. The highest BCUT2D eigenvalue weighted by Crippen LogP contribution is 2.40. The van der Waals surface area contributed by atoms with E-state index in [1.807, 2.05) is 30.3 Å². The summed E-state index contributed by atoms with van der Waals surface area (Å²) in [6.45, 7) is 2.83. The zero-order valence-corrected chi connectivity index (χ0v) is 17.3. The number of rotatable bonds is 7. The van der Waals surface area contributed by atoms with E-state index in [1.165, 1.54) is 0 Å². The second-order valence-electron chi connectivity index (χ2n) is 7.68. The van der Waals surface area contributed by atoms with E-state index in [1.54, 1.807) is 25.1 Å². The molecular formula is C25H25NO5.